The molecule has 8 heteroatoms. The predicted molar refractivity (Wildman–Crippen MR) is 63.2 cm³/mol. The van der Waals surface area contributed by atoms with Gasteiger partial charge in [0.2, 0.25) is 0 Å². The monoisotopic (exact) mass is 289 g/mol. The van der Waals surface area contributed by atoms with E-state index in [0.717, 1.165) is 12.4 Å². The van der Waals surface area contributed by atoms with Crippen LogP contribution in [0.25, 0.3) is 0 Å². The average molecular weight is 290 g/mol. The molecule has 0 radical (unpaired) electrons. The fraction of sp³-hybridized carbons (Fsp3) is 0.0909. The molecule has 0 aliphatic rings. The van der Waals surface area contributed by atoms with Crippen LogP contribution < -0.4 is 10.1 Å². The van der Waals surface area contributed by atoms with Gasteiger partial charge in [0.1, 0.15) is 12.1 Å². The number of aromatic nitrogens is 2. The largest absolute Gasteiger partial charge is 0.490 e. The Morgan fingerprint density at radius 2 is 1.95 bits per heavy atom. The Morgan fingerprint density at radius 1 is 1.21 bits per heavy atom. The highest BCUT2D eigenvalue weighted by molar-refractivity contribution is 6.31. The van der Waals surface area contributed by atoms with E-state index in [4.69, 9.17) is 16.3 Å². The van der Waals surface area contributed by atoms with E-state index in [1.54, 1.807) is 0 Å². The predicted octanol–water partition coefficient (Wildman–Crippen LogP) is 3.30. The number of halogens is 4. The van der Waals surface area contributed by atoms with Gasteiger partial charge in [0, 0.05) is 12.1 Å². The van der Waals surface area contributed by atoms with Gasteiger partial charge in [-0.1, -0.05) is 11.6 Å². The Balaban J connectivity index is 2.45. The van der Waals surface area contributed by atoms with E-state index in [0.29, 0.717) is 6.07 Å². The molecule has 0 saturated carbocycles. The Morgan fingerprint density at radius 3 is 2.63 bits per heavy atom. The quantitative estimate of drug-likeness (QED) is 0.696. The molecule has 0 aliphatic carbocycles. The molecule has 0 unspecified atom stereocenters. The molecular weight excluding hydrogens is 283 g/mol. The molecule has 0 fully saturated rings. The maximum atomic E-state index is 13.5. The molecule has 0 saturated heterocycles. The van der Waals surface area contributed by atoms with Gasteiger partial charge in [-0.15, -0.1) is 0 Å². The summed E-state index contributed by atoms with van der Waals surface area (Å²) in [6.07, 6.45) is 1.10. The molecule has 0 amide bonds. The van der Waals surface area contributed by atoms with Gasteiger partial charge in [-0.2, -0.15) is 0 Å². The van der Waals surface area contributed by atoms with E-state index in [1.165, 1.54) is 7.11 Å². The van der Waals surface area contributed by atoms with E-state index in [2.05, 4.69) is 15.3 Å². The van der Waals surface area contributed by atoms with E-state index in [-0.39, 0.29) is 16.7 Å². The summed E-state index contributed by atoms with van der Waals surface area (Å²) in [5.41, 5.74) is -0.425. The zero-order valence-corrected chi connectivity index (χ0v) is 10.3. The van der Waals surface area contributed by atoms with Crippen LogP contribution >= 0.6 is 11.6 Å². The van der Waals surface area contributed by atoms with Crippen LogP contribution in [0.4, 0.5) is 24.7 Å². The summed E-state index contributed by atoms with van der Waals surface area (Å²) in [7, 11) is 1.30. The minimum absolute atomic E-state index is 0.00796. The van der Waals surface area contributed by atoms with E-state index in [9.17, 15) is 13.2 Å². The summed E-state index contributed by atoms with van der Waals surface area (Å²) in [5.74, 6) is -3.46. The zero-order chi connectivity index (χ0) is 14.0. The summed E-state index contributed by atoms with van der Waals surface area (Å²) in [5, 5.41) is 2.38. The number of nitrogens with one attached hydrogen (secondary N) is 1. The first-order valence-electron chi connectivity index (χ1n) is 4.99. The second-order valence-corrected chi connectivity index (χ2v) is 3.78. The molecule has 1 heterocycles. The molecule has 0 bridgehead atoms. The molecule has 0 aliphatic heterocycles. The van der Waals surface area contributed by atoms with Crippen molar-refractivity contribution in [3.8, 4) is 5.75 Å². The molecule has 0 atom stereocenters. The van der Waals surface area contributed by atoms with Gasteiger partial charge in [-0.25, -0.2) is 23.1 Å². The van der Waals surface area contributed by atoms with Crippen LogP contribution in [0.2, 0.25) is 5.15 Å². The molecule has 2 aromatic rings. The van der Waals surface area contributed by atoms with E-state index >= 15 is 0 Å². The third-order valence-corrected chi connectivity index (χ3v) is 2.48. The molecule has 1 N–H and O–H groups in total. The smallest absolute Gasteiger partial charge is 0.199 e. The highest BCUT2D eigenvalue weighted by Crippen LogP contribution is 2.32. The number of nitrogens with zero attached hydrogens (tertiary/aromatic N) is 2. The van der Waals surface area contributed by atoms with Gasteiger partial charge in [-0.3, -0.25) is 0 Å². The Bertz CT molecular complexity index is 624. The van der Waals surface area contributed by atoms with Gasteiger partial charge >= 0.3 is 0 Å². The normalized spacial score (nSPS) is 10.4. The molecule has 1 aromatic heterocycles. The third-order valence-electron chi connectivity index (χ3n) is 2.21. The highest BCUT2D eigenvalue weighted by Gasteiger charge is 2.15. The molecule has 0 spiro atoms. The van der Waals surface area contributed by atoms with Crippen LogP contribution in [-0.2, 0) is 0 Å². The van der Waals surface area contributed by atoms with Crippen molar-refractivity contribution in [3.63, 3.8) is 0 Å². The van der Waals surface area contributed by atoms with Gasteiger partial charge in [-0.05, 0) is 0 Å². The van der Waals surface area contributed by atoms with Crippen molar-refractivity contribution in [1.29, 1.82) is 0 Å². The summed E-state index contributed by atoms with van der Waals surface area (Å²) in [6.45, 7) is 0. The van der Waals surface area contributed by atoms with Gasteiger partial charge in [0.15, 0.2) is 28.4 Å². The molecule has 1 aromatic carbocycles. The Labute approximate surface area is 111 Å². The van der Waals surface area contributed by atoms with Crippen LogP contribution in [0.15, 0.2) is 18.5 Å². The SMILES string of the molecule is COc1c(Cl)ncnc1Nc1cc(F)cc(F)c1F. The Hall–Kier alpha value is -2.02. The lowest BCUT2D eigenvalue weighted by atomic mass is 10.2. The lowest BCUT2D eigenvalue weighted by Gasteiger charge is -2.11. The number of ether oxygens (including phenoxy) is 1. The first-order chi connectivity index (χ1) is 9.02. The lowest BCUT2D eigenvalue weighted by Crippen LogP contribution is -2.02. The second-order valence-electron chi connectivity index (χ2n) is 3.42. The van der Waals surface area contributed by atoms with Crippen molar-refractivity contribution in [2.24, 2.45) is 0 Å². The van der Waals surface area contributed by atoms with Crippen molar-refractivity contribution in [3.05, 3.63) is 41.1 Å². The highest BCUT2D eigenvalue weighted by atomic mass is 35.5. The number of benzene rings is 1. The zero-order valence-electron chi connectivity index (χ0n) is 9.55. The number of hydrogen-bond acceptors (Lipinski definition) is 4. The average Bonchev–Trinajstić information content (AvgIpc) is 2.35. The maximum absolute atomic E-state index is 13.5. The van der Waals surface area contributed by atoms with Gasteiger partial charge < -0.3 is 10.1 Å². The van der Waals surface area contributed by atoms with Crippen LogP contribution in [-0.4, -0.2) is 17.1 Å². The summed E-state index contributed by atoms with van der Waals surface area (Å²) < 4.78 is 44.5. The molecule has 2 rings (SSSR count). The van der Waals surface area contributed by atoms with Crippen LogP contribution in [0, 0.1) is 17.5 Å². The van der Waals surface area contributed by atoms with Crippen LogP contribution in [0.3, 0.4) is 0 Å². The summed E-state index contributed by atoms with van der Waals surface area (Å²) in [6, 6.07) is 1.22. The number of anilines is 2. The number of rotatable bonds is 3. The van der Waals surface area contributed by atoms with Crippen molar-refractivity contribution in [2.45, 2.75) is 0 Å². The number of hydrogen-bond donors (Lipinski definition) is 1. The Kier molecular flexibility index (Phi) is 3.75. The molecule has 19 heavy (non-hydrogen) atoms. The second kappa shape index (κ2) is 5.31. The standard InChI is InChI=1S/C11H7ClF3N3O/c1-19-9-10(12)16-4-17-11(9)18-7-3-5(13)2-6(14)8(7)15/h2-4H,1H3,(H,16,17,18). The minimum Gasteiger partial charge on any atom is -0.490 e. The molecular formula is C11H7ClF3N3O. The molecule has 100 valence electrons. The molecule has 4 nitrogen and oxygen atoms in total. The van der Waals surface area contributed by atoms with E-state index in [1.807, 2.05) is 0 Å². The van der Waals surface area contributed by atoms with Gasteiger partial charge in [0.05, 0.1) is 12.8 Å². The van der Waals surface area contributed by atoms with Crippen LogP contribution in [0.1, 0.15) is 0 Å². The first kappa shape index (κ1) is 13.4. The topological polar surface area (TPSA) is 47.0 Å². The first-order valence-corrected chi connectivity index (χ1v) is 5.36. The van der Waals surface area contributed by atoms with Gasteiger partial charge in [0.25, 0.3) is 0 Å². The van der Waals surface area contributed by atoms with Crippen molar-refractivity contribution in [2.75, 3.05) is 12.4 Å². The summed E-state index contributed by atoms with van der Waals surface area (Å²) >= 11 is 5.74. The lowest BCUT2D eigenvalue weighted by molar-refractivity contribution is 0.413. The van der Waals surface area contributed by atoms with Crippen molar-refractivity contribution < 1.29 is 17.9 Å². The fourth-order valence-corrected chi connectivity index (χ4v) is 1.61. The van der Waals surface area contributed by atoms with Crippen LogP contribution in [0.5, 0.6) is 5.75 Å². The third kappa shape index (κ3) is 2.70. The number of methoxy groups -OCH3 is 1. The maximum Gasteiger partial charge on any atom is 0.199 e. The van der Waals surface area contributed by atoms with Crippen molar-refractivity contribution >= 4 is 23.1 Å². The van der Waals surface area contributed by atoms with Crippen molar-refractivity contribution in [1.82, 2.24) is 9.97 Å². The fourth-order valence-electron chi connectivity index (χ4n) is 1.40. The summed E-state index contributed by atoms with van der Waals surface area (Å²) in [4.78, 5) is 7.42. The minimum atomic E-state index is -1.32. The van der Waals surface area contributed by atoms with E-state index < -0.39 is 23.1 Å².